The zero-order valence-corrected chi connectivity index (χ0v) is 8.86. The molecule has 0 N–H and O–H groups in total. The van der Waals surface area contributed by atoms with Crippen molar-refractivity contribution in [3.63, 3.8) is 0 Å². The monoisotopic (exact) mass is 173 g/mol. The minimum absolute atomic E-state index is 0. The van der Waals surface area contributed by atoms with E-state index in [4.69, 9.17) is 0 Å². The maximum absolute atomic E-state index is 1.44. The summed E-state index contributed by atoms with van der Waals surface area (Å²) in [6.07, 6.45) is 0. The Balaban J connectivity index is -0.00000000500. The summed E-state index contributed by atoms with van der Waals surface area (Å²) in [6.45, 7) is 0. The topological polar surface area (TPSA) is 0 Å². The van der Waals surface area contributed by atoms with Crippen LogP contribution in [-0.2, 0) is 33.6 Å². The zero-order valence-electron chi connectivity index (χ0n) is 2.69. The van der Waals surface area contributed by atoms with Gasteiger partial charge in [-0.2, -0.15) is 0 Å². The third kappa shape index (κ3) is 9.24. The summed E-state index contributed by atoms with van der Waals surface area (Å²) in [5, 5.41) is 0. The molecule has 0 aliphatic heterocycles. The molecule has 0 saturated carbocycles. The van der Waals surface area contributed by atoms with Crippen LogP contribution in [0.2, 0.25) is 0 Å². The summed E-state index contributed by atoms with van der Waals surface area (Å²) in [6, 6.07) is 0. The molecule has 0 aromatic heterocycles. The van der Waals surface area contributed by atoms with E-state index in [2.05, 4.69) is 0 Å². The molecule has 0 nitrogen and oxygen atoms in total. The molecule has 4 heteroatoms. The van der Waals surface area contributed by atoms with E-state index in [-0.39, 0.29) is 33.6 Å². The van der Waals surface area contributed by atoms with Crippen molar-refractivity contribution in [1.29, 1.82) is 0 Å². The van der Waals surface area contributed by atoms with Crippen LogP contribution in [0.5, 0.6) is 0 Å². The van der Waals surface area contributed by atoms with Crippen molar-refractivity contribution < 1.29 is 33.6 Å². The van der Waals surface area contributed by atoms with Crippen LogP contribution in [0.15, 0.2) is 0 Å². The molecule has 0 aliphatic carbocycles. The van der Waals surface area contributed by atoms with Crippen molar-refractivity contribution in [2.45, 2.75) is 0 Å². The fraction of sp³-hybridized carbons (Fsp3) is 0. The molecule has 0 fully saturated rings. The summed E-state index contributed by atoms with van der Waals surface area (Å²) in [4.78, 5) is 0. The van der Waals surface area contributed by atoms with Crippen LogP contribution in [0, 0.1) is 0 Å². The number of hydrogen-bond acceptors (Lipinski definition) is 0. The van der Waals surface area contributed by atoms with Gasteiger partial charge in [0, 0.05) is 33.6 Å². The SMILES string of the molecule is [AlH2][SiH3].[Mn].[Ni]. The van der Waals surface area contributed by atoms with Crippen molar-refractivity contribution in [3.8, 4) is 0 Å². The Morgan fingerprint density at radius 3 is 1.25 bits per heavy atom. The number of rotatable bonds is 0. The minimum atomic E-state index is 0. The van der Waals surface area contributed by atoms with Gasteiger partial charge in [0.1, 0.15) is 0 Å². The minimum Gasteiger partial charge on any atom is -0.0504 e. The summed E-state index contributed by atoms with van der Waals surface area (Å²) in [7, 11) is 1.44. The van der Waals surface area contributed by atoms with Gasteiger partial charge in [0.05, 0.1) is 0 Å². The van der Waals surface area contributed by atoms with Crippen LogP contribution >= 0.6 is 0 Å². The molecule has 4 heavy (non-hydrogen) atoms. The van der Waals surface area contributed by atoms with Gasteiger partial charge in [0.15, 0.2) is 15.6 Å². The molecule has 0 bridgehead atoms. The Bertz CT molecular complexity index is 8.00. The van der Waals surface area contributed by atoms with Gasteiger partial charge in [-0.15, -0.1) is 0 Å². The first-order chi connectivity index (χ1) is 1.00. The maximum atomic E-state index is 1.44. The Labute approximate surface area is 57.8 Å². The second kappa shape index (κ2) is 21.7. The molecule has 1 radical (unpaired) electrons. The summed E-state index contributed by atoms with van der Waals surface area (Å²) < 4.78 is 0. The van der Waals surface area contributed by atoms with Crippen LogP contribution < -0.4 is 0 Å². The van der Waals surface area contributed by atoms with E-state index in [1.807, 2.05) is 0 Å². The fourth-order valence-electron chi connectivity index (χ4n) is 0. The normalized spacial score (nSPS) is 2.00. The average molecular weight is 174 g/mol. The van der Waals surface area contributed by atoms with E-state index >= 15 is 0 Å². The van der Waals surface area contributed by atoms with Crippen molar-refractivity contribution in [2.75, 3.05) is 0 Å². The third-order valence-corrected chi connectivity index (χ3v) is 0. The first-order valence-electron chi connectivity index (χ1n) is 1.00. The van der Waals surface area contributed by atoms with Crippen LogP contribution in [0.3, 0.4) is 0 Å². The molecule has 0 rings (SSSR count). The molecule has 29 valence electrons. The Morgan fingerprint density at radius 2 is 1.25 bits per heavy atom. The van der Waals surface area contributed by atoms with Crippen LogP contribution in [0.1, 0.15) is 0 Å². The quantitative estimate of drug-likeness (QED) is 0.368. The van der Waals surface area contributed by atoms with E-state index in [9.17, 15) is 0 Å². The summed E-state index contributed by atoms with van der Waals surface area (Å²) in [5.41, 5.74) is 0. The van der Waals surface area contributed by atoms with Gasteiger partial charge in [-0.25, -0.2) is 0 Å². The van der Waals surface area contributed by atoms with E-state index < -0.39 is 0 Å². The van der Waals surface area contributed by atoms with Crippen LogP contribution in [0.4, 0.5) is 0 Å². The predicted octanol–water partition coefficient (Wildman–Crippen LogP) is -2.11. The molecule has 0 aromatic rings. The molecular weight excluding hydrogens is 169 g/mol. The van der Waals surface area contributed by atoms with Crippen molar-refractivity contribution in [1.82, 2.24) is 0 Å². The van der Waals surface area contributed by atoms with E-state index in [0.29, 0.717) is 0 Å². The summed E-state index contributed by atoms with van der Waals surface area (Å²) >= 11 is 1.44. The first-order valence-corrected chi connectivity index (χ1v) is 9.00. The van der Waals surface area contributed by atoms with Gasteiger partial charge in [0.25, 0.3) is 0 Å². The Hall–Kier alpha value is 1.76. The zero-order chi connectivity index (χ0) is 2.00. The van der Waals surface area contributed by atoms with Crippen LogP contribution in [0.25, 0.3) is 0 Å². The molecule has 0 spiro atoms. The molecule has 0 amide bonds. The van der Waals surface area contributed by atoms with Crippen molar-refractivity contribution in [2.24, 2.45) is 0 Å². The Morgan fingerprint density at radius 1 is 1.25 bits per heavy atom. The predicted molar refractivity (Wildman–Crippen MR) is 18.5 cm³/mol. The third-order valence-electron chi connectivity index (χ3n) is 0. The van der Waals surface area contributed by atoms with E-state index in [0.717, 1.165) is 0 Å². The molecular formula is H5AlMnNiSi. The largest absolute Gasteiger partial charge is 0.193 e. The standard InChI is InChI=1S/Al.Mn.Ni.H3Si.2H/h;;;1H3;;. The molecule has 0 heterocycles. The molecule has 0 aliphatic rings. The maximum Gasteiger partial charge on any atom is 0.193 e. The summed E-state index contributed by atoms with van der Waals surface area (Å²) in [5.74, 6) is 0. The second-order valence-electron chi connectivity index (χ2n) is 0. The van der Waals surface area contributed by atoms with Gasteiger partial charge in [-0.05, 0) is 0 Å². The molecule has 0 atom stereocenters. The fourth-order valence-corrected chi connectivity index (χ4v) is 0. The van der Waals surface area contributed by atoms with Gasteiger partial charge in [-0.3, -0.25) is 0 Å². The van der Waals surface area contributed by atoms with Gasteiger partial charge in [-0.1, -0.05) is 8.80 Å². The second-order valence-corrected chi connectivity index (χ2v) is 0. The number of hydrogen-bond donors (Lipinski definition) is 0. The first kappa shape index (κ1) is 17.1. The van der Waals surface area contributed by atoms with Crippen molar-refractivity contribution in [3.05, 3.63) is 0 Å². The molecule has 0 saturated heterocycles. The van der Waals surface area contributed by atoms with Gasteiger partial charge >= 0.3 is 0 Å². The van der Waals surface area contributed by atoms with Gasteiger partial charge in [0.2, 0.25) is 0 Å². The van der Waals surface area contributed by atoms with E-state index in [1.165, 1.54) is 24.4 Å². The van der Waals surface area contributed by atoms with Gasteiger partial charge < -0.3 is 0 Å². The smallest absolute Gasteiger partial charge is 0.0504 e. The molecule has 0 aromatic carbocycles. The molecule has 0 unspecified atom stereocenters. The van der Waals surface area contributed by atoms with E-state index in [1.54, 1.807) is 0 Å². The average Bonchev–Trinajstić information content (AvgIpc) is 1.00. The Kier molecular flexibility index (Phi) is 92.9. The van der Waals surface area contributed by atoms with Crippen molar-refractivity contribution >= 4 is 24.4 Å². The van der Waals surface area contributed by atoms with Crippen LogP contribution in [-0.4, -0.2) is 24.4 Å².